The lowest BCUT2D eigenvalue weighted by molar-refractivity contribution is -0.316. The number of carbonyl (C=O) groups excluding carboxylic acids is 2. The van der Waals surface area contributed by atoms with Crippen molar-refractivity contribution in [3.05, 3.63) is 0 Å². The molecule has 3 rings (SSSR count). The first-order valence-electron chi connectivity index (χ1n) is 6.52. The third-order valence-corrected chi connectivity index (χ3v) is 3.73. The van der Waals surface area contributed by atoms with Crippen LogP contribution in [0.2, 0.25) is 0 Å². The molecule has 0 aromatic heterocycles. The Morgan fingerprint density at radius 1 is 1.17 bits per heavy atom. The smallest absolute Gasteiger partial charge is 0.411 e. The number of piperidine rings is 2. The van der Waals surface area contributed by atoms with Gasteiger partial charge in [0, 0.05) is 6.04 Å². The lowest BCUT2D eigenvalue weighted by Gasteiger charge is -2.51. The fourth-order valence-corrected chi connectivity index (χ4v) is 3.03. The molecule has 5 nitrogen and oxygen atoms in total. The third-order valence-electron chi connectivity index (χ3n) is 3.73. The minimum absolute atomic E-state index is 0.00671. The van der Waals surface area contributed by atoms with Gasteiger partial charge in [0.2, 0.25) is 0 Å². The number of fused-ring (bicyclic) bond motifs is 3. The molecule has 2 heterocycles. The van der Waals surface area contributed by atoms with Crippen molar-refractivity contribution in [2.75, 3.05) is 0 Å². The summed E-state index contributed by atoms with van der Waals surface area (Å²) < 4.78 is 5.31. The van der Waals surface area contributed by atoms with Crippen LogP contribution in [0.15, 0.2) is 0 Å². The molecular formula is C13H20NO4-. The molecule has 1 amide bonds. The zero-order valence-electron chi connectivity index (χ0n) is 11.1. The summed E-state index contributed by atoms with van der Waals surface area (Å²) in [7, 11) is 0. The van der Waals surface area contributed by atoms with Crippen molar-refractivity contribution in [1.82, 2.24) is 4.90 Å². The third kappa shape index (κ3) is 2.44. The van der Waals surface area contributed by atoms with Crippen LogP contribution in [0, 0.1) is 5.92 Å². The standard InChI is InChI=1S/C13H21NO4/c1-13(2,3)18-12(17)14-9-6-4-8(5-7-9)10(14)11(15)16/h8-10H,4-7H2,1-3H3,(H,15,16)/p-1. The van der Waals surface area contributed by atoms with E-state index in [9.17, 15) is 14.7 Å². The Bertz CT molecular complexity index is 352. The zero-order chi connectivity index (χ0) is 13.5. The van der Waals surface area contributed by atoms with Crippen molar-refractivity contribution in [1.29, 1.82) is 0 Å². The molecule has 1 saturated carbocycles. The molecular weight excluding hydrogens is 234 g/mol. The van der Waals surface area contributed by atoms with E-state index < -0.39 is 23.7 Å². The molecule has 0 spiro atoms. The summed E-state index contributed by atoms with van der Waals surface area (Å²) in [5.74, 6) is -1.14. The average Bonchev–Trinajstić information content (AvgIpc) is 2.26. The van der Waals surface area contributed by atoms with Gasteiger partial charge in [0.15, 0.2) is 0 Å². The number of amides is 1. The lowest BCUT2D eigenvalue weighted by Crippen LogP contribution is -2.63. The summed E-state index contributed by atoms with van der Waals surface area (Å²) in [5, 5.41) is 11.3. The molecule has 0 aromatic carbocycles. The van der Waals surface area contributed by atoms with Gasteiger partial charge in [-0.2, -0.15) is 0 Å². The molecule has 1 aliphatic carbocycles. The first-order chi connectivity index (χ1) is 8.29. The van der Waals surface area contributed by atoms with E-state index in [2.05, 4.69) is 0 Å². The summed E-state index contributed by atoms with van der Waals surface area (Å²) in [6.07, 6.45) is 2.94. The maximum Gasteiger partial charge on any atom is 0.411 e. The highest BCUT2D eigenvalue weighted by Crippen LogP contribution is 2.40. The summed E-state index contributed by atoms with van der Waals surface area (Å²) in [5.41, 5.74) is -0.607. The second kappa shape index (κ2) is 4.44. The molecule has 3 fully saturated rings. The number of hydrogen-bond donors (Lipinski definition) is 0. The minimum Gasteiger partial charge on any atom is -0.548 e. The van der Waals surface area contributed by atoms with Crippen molar-refractivity contribution in [2.24, 2.45) is 5.92 Å². The highest BCUT2D eigenvalue weighted by molar-refractivity contribution is 5.80. The topological polar surface area (TPSA) is 69.7 Å². The largest absolute Gasteiger partial charge is 0.548 e. The van der Waals surface area contributed by atoms with Crippen LogP contribution in [-0.2, 0) is 9.53 Å². The molecule has 1 atom stereocenters. The van der Waals surface area contributed by atoms with Crippen LogP contribution in [0.4, 0.5) is 4.79 Å². The van der Waals surface area contributed by atoms with E-state index in [1.54, 1.807) is 20.8 Å². The van der Waals surface area contributed by atoms with Crippen LogP contribution in [0.5, 0.6) is 0 Å². The van der Waals surface area contributed by atoms with E-state index in [0.29, 0.717) is 0 Å². The Kier molecular flexibility index (Phi) is 3.25. The number of aliphatic carboxylic acids is 1. The van der Waals surface area contributed by atoms with E-state index in [-0.39, 0.29) is 12.0 Å². The van der Waals surface area contributed by atoms with Crippen LogP contribution in [0.25, 0.3) is 0 Å². The molecule has 2 bridgehead atoms. The predicted molar refractivity (Wildman–Crippen MR) is 62.6 cm³/mol. The van der Waals surface area contributed by atoms with Crippen LogP contribution in [0.3, 0.4) is 0 Å². The molecule has 18 heavy (non-hydrogen) atoms. The van der Waals surface area contributed by atoms with E-state index in [1.165, 1.54) is 4.90 Å². The van der Waals surface area contributed by atoms with Gasteiger partial charge in [0.05, 0.1) is 12.0 Å². The highest BCUT2D eigenvalue weighted by Gasteiger charge is 2.46. The van der Waals surface area contributed by atoms with Gasteiger partial charge in [-0.3, -0.25) is 4.90 Å². The molecule has 2 aliphatic heterocycles. The average molecular weight is 254 g/mol. The van der Waals surface area contributed by atoms with Crippen molar-refractivity contribution in [2.45, 2.75) is 64.1 Å². The highest BCUT2D eigenvalue weighted by atomic mass is 16.6. The van der Waals surface area contributed by atoms with Crippen molar-refractivity contribution in [3.8, 4) is 0 Å². The molecule has 0 N–H and O–H groups in total. The number of carboxylic acid groups (broad SMARTS) is 1. The molecule has 2 saturated heterocycles. The van der Waals surface area contributed by atoms with Crippen LogP contribution in [-0.4, -0.2) is 34.6 Å². The molecule has 5 heteroatoms. The number of carbonyl (C=O) groups is 2. The Morgan fingerprint density at radius 2 is 1.72 bits per heavy atom. The Hall–Kier alpha value is -1.26. The van der Waals surface area contributed by atoms with Gasteiger partial charge in [-0.1, -0.05) is 0 Å². The van der Waals surface area contributed by atoms with Gasteiger partial charge in [-0.15, -0.1) is 0 Å². The maximum atomic E-state index is 12.1. The van der Waals surface area contributed by atoms with Gasteiger partial charge in [-0.05, 0) is 52.4 Å². The maximum absolute atomic E-state index is 12.1. The number of rotatable bonds is 1. The van der Waals surface area contributed by atoms with E-state index in [1.807, 2.05) is 0 Å². The first kappa shape index (κ1) is 13.2. The fraction of sp³-hybridized carbons (Fsp3) is 0.846. The normalized spacial score (nSPS) is 31.3. The predicted octanol–water partition coefficient (Wildman–Crippen LogP) is 0.914. The van der Waals surface area contributed by atoms with Crippen LogP contribution >= 0.6 is 0 Å². The molecule has 3 aliphatic rings. The van der Waals surface area contributed by atoms with E-state index in [0.717, 1.165) is 25.7 Å². The second-order valence-corrected chi connectivity index (χ2v) is 6.22. The number of hydrogen-bond acceptors (Lipinski definition) is 4. The number of nitrogens with zero attached hydrogens (tertiary/aromatic N) is 1. The van der Waals surface area contributed by atoms with Crippen molar-refractivity contribution < 1.29 is 19.4 Å². The lowest BCUT2D eigenvalue weighted by atomic mass is 9.75. The van der Waals surface area contributed by atoms with Gasteiger partial charge >= 0.3 is 6.09 Å². The zero-order valence-corrected chi connectivity index (χ0v) is 11.1. The molecule has 0 radical (unpaired) electrons. The minimum atomic E-state index is -1.16. The van der Waals surface area contributed by atoms with Crippen LogP contribution in [0.1, 0.15) is 46.5 Å². The van der Waals surface area contributed by atoms with Crippen molar-refractivity contribution >= 4 is 12.1 Å². The Balaban J connectivity index is 2.18. The summed E-state index contributed by atoms with van der Waals surface area (Å²) in [6.45, 7) is 5.34. The fourth-order valence-electron chi connectivity index (χ4n) is 3.03. The quantitative estimate of drug-likeness (QED) is 0.697. The van der Waals surface area contributed by atoms with Gasteiger partial charge in [0.25, 0.3) is 0 Å². The Morgan fingerprint density at radius 3 is 2.17 bits per heavy atom. The monoisotopic (exact) mass is 254 g/mol. The summed E-state index contributed by atoms with van der Waals surface area (Å²) in [6, 6.07) is -0.819. The molecule has 0 aromatic rings. The first-order valence-corrected chi connectivity index (χ1v) is 6.52. The summed E-state index contributed by atoms with van der Waals surface area (Å²) in [4.78, 5) is 24.8. The second-order valence-electron chi connectivity index (χ2n) is 6.22. The molecule has 1 unspecified atom stereocenters. The van der Waals surface area contributed by atoms with E-state index in [4.69, 9.17) is 4.74 Å². The molecule has 102 valence electrons. The van der Waals surface area contributed by atoms with Gasteiger partial charge in [-0.25, -0.2) is 4.79 Å². The van der Waals surface area contributed by atoms with Crippen molar-refractivity contribution in [3.63, 3.8) is 0 Å². The SMILES string of the molecule is CC(C)(C)OC(=O)N1C2CCC(CC2)C1C(=O)[O-]. The summed E-state index contributed by atoms with van der Waals surface area (Å²) >= 11 is 0. The number of carboxylic acids is 1. The van der Waals surface area contributed by atoms with Crippen LogP contribution < -0.4 is 5.11 Å². The van der Waals surface area contributed by atoms with E-state index >= 15 is 0 Å². The number of ether oxygens (including phenoxy) is 1. The Labute approximate surface area is 107 Å². The van der Waals surface area contributed by atoms with Gasteiger partial charge in [0.1, 0.15) is 5.60 Å². The van der Waals surface area contributed by atoms with Gasteiger partial charge < -0.3 is 14.6 Å².